The third-order valence-electron chi connectivity index (χ3n) is 4.62. The van der Waals surface area contributed by atoms with Crippen molar-refractivity contribution in [3.05, 3.63) is 44.4 Å². The number of nitrogens with zero attached hydrogens (tertiary/aromatic N) is 5. The van der Waals surface area contributed by atoms with Crippen LogP contribution in [0.5, 0.6) is 5.88 Å². The molecule has 0 unspecified atom stereocenters. The minimum atomic E-state index is -0.115. The number of imidazole rings is 1. The molecule has 0 N–H and O–H groups in total. The molecule has 0 aliphatic heterocycles. The fourth-order valence-electron chi connectivity index (χ4n) is 3.39. The van der Waals surface area contributed by atoms with Crippen LogP contribution in [0.2, 0.25) is 0 Å². The van der Waals surface area contributed by atoms with Crippen LogP contribution in [0, 0.1) is 0 Å². The highest BCUT2D eigenvalue weighted by molar-refractivity contribution is 7.18. The number of aryl methyl sites for hydroxylation is 2. The summed E-state index contributed by atoms with van der Waals surface area (Å²) in [4.78, 5) is 24.7. The maximum absolute atomic E-state index is 13.0. The topological polar surface area (TPSA) is 73.8 Å². The Morgan fingerprint density at radius 1 is 1.35 bits per heavy atom. The lowest BCUT2D eigenvalue weighted by molar-refractivity contribution is 0.400. The van der Waals surface area contributed by atoms with Crippen molar-refractivity contribution in [2.75, 3.05) is 7.11 Å². The van der Waals surface area contributed by atoms with Crippen molar-refractivity contribution in [2.24, 2.45) is 5.10 Å². The van der Waals surface area contributed by atoms with E-state index < -0.39 is 0 Å². The van der Waals surface area contributed by atoms with Crippen LogP contribution >= 0.6 is 22.7 Å². The SMILES string of the molecule is COc1nc2sccn2c1/C=N/n1cnc2sc3c(c2c1=O)CCCC3. The standard InChI is InChI=1S/C17H15N5O2S2/c1-24-14-11(21-6-7-25-17(21)20-14)8-19-22-9-18-15-13(16(22)23)10-4-2-3-5-12(10)26-15/h6-9H,2-5H2,1H3/b19-8+. The van der Waals surface area contributed by atoms with Crippen molar-refractivity contribution in [3.8, 4) is 5.88 Å². The Hall–Kier alpha value is -2.52. The lowest BCUT2D eigenvalue weighted by atomic mass is 9.97. The number of hydrogen-bond donors (Lipinski definition) is 0. The molecule has 4 aromatic rings. The van der Waals surface area contributed by atoms with Crippen LogP contribution in [0.15, 0.2) is 27.8 Å². The van der Waals surface area contributed by atoms with Gasteiger partial charge in [-0.25, -0.2) is 4.98 Å². The number of ether oxygens (including phenoxy) is 1. The van der Waals surface area contributed by atoms with E-state index in [1.165, 1.54) is 39.2 Å². The zero-order valence-electron chi connectivity index (χ0n) is 14.0. The highest BCUT2D eigenvalue weighted by Gasteiger charge is 2.20. The summed E-state index contributed by atoms with van der Waals surface area (Å²) in [5.74, 6) is 0.482. The maximum atomic E-state index is 13.0. The molecule has 26 heavy (non-hydrogen) atoms. The summed E-state index contributed by atoms with van der Waals surface area (Å²) in [6.07, 6.45) is 9.29. The van der Waals surface area contributed by atoms with E-state index in [0.29, 0.717) is 11.6 Å². The zero-order chi connectivity index (χ0) is 17.7. The molecule has 7 nitrogen and oxygen atoms in total. The van der Waals surface area contributed by atoms with E-state index in [1.807, 2.05) is 16.0 Å². The fourth-order valence-corrected chi connectivity index (χ4v) is 5.32. The van der Waals surface area contributed by atoms with Crippen molar-refractivity contribution in [2.45, 2.75) is 25.7 Å². The average molecular weight is 385 g/mol. The minimum absolute atomic E-state index is 0.115. The third kappa shape index (κ3) is 2.31. The quantitative estimate of drug-likeness (QED) is 0.508. The average Bonchev–Trinajstić information content (AvgIpc) is 3.33. The summed E-state index contributed by atoms with van der Waals surface area (Å²) >= 11 is 3.15. The van der Waals surface area contributed by atoms with Gasteiger partial charge in [0.05, 0.1) is 18.7 Å². The third-order valence-corrected chi connectivity index (χ3v) is 6.58. The molecule has 1 aliphatic carbocycles. The molecule has 0 radical (unpaired) electrons. The Bertz CT molecular complexity index is 1210. The molecule has 0 atom stereocenters. The second kappa shape index (κ2) is 6.03. The van der Waals surface area contributed by atoms with Crippen LogP contribution in [-0.2, 0) is 12.8 Å². The molecule has 132 valence electrons. The van der Waals surface area contributed by atoms with Crippen LogP contribution in [-0.4, -0.2) is 32.4 Å². The van der Waals surface area contributed by atoms with Gasteiger partial charge in [0.25, 0.3) is 5.56 Å². The van der Waals surface area contributed by atoms with E-state index >= 15 is 0 Å². The smallest absolute Gasteiger partial charge is 0.282 e. The zero-order valence-corrected chi connectivity index (χ0v) is 15.6. The summed E-state index contributed by atoms with van der Waals surface area (Å²) in [6, 6.07) is 0. The summed E-state index contributed by atoms with van der Waals surface area (Å²) in [6.45, 7) is 0. The Kier molecular flexibility index (Phi) is 3.64. The lowest BCUT2D eigenvalue weighted by Crippen LogP contribution is -2.18. The number of fused-ring (bicyclic) bond motifs is 4. The maximum Gasteiger partial charge on any atom is 0.282 e. The van der Waals surface area contributed by atoms with Crippen molar-refractivity contribution < 1.29 is 4.74 Å². The van der Waals surface area contributed by atoms with Crippen molar-refractivity contribution >= 4 is 44.1 Å². The molecule has 0 bridgehead atoms. The second-order valence-electron chi connectivity index (χ2n) is 6.09. The summed E-state index contributed by atoms with van der Waals surface area (Å²) < 4.78 is 8.51. The number of aromatic nitrogens is 4. The highest BCUT2D eigenvalue weighted by Crippen LogP contribution is 2.33. The predicted octanol–water partition coefficient (Wildman–Crippen LogP) is 2.94. The normalized spacial score (nSPS) is 14.5. The number of rotatable bonds is 3. The van der Waals surface area contributed by atoms with Crippen molar-refractivity contribution in [1.82, 2.24) is 19.0 Å². The van der Waals surface area contributed by atoms with Gasteiger partial charge < -0.3 is 4.74 Å². The van der Waals surface area contributed by atoms with E-state index in [4.69, 9.17) is 4.74 Å². The first kappa shape index (κ1) is 15.7. The number of thiophene rings is 1. The molecule has 0 aromatic carbocycles. The fraction of sp³-hybridized carbons (Fsp3) is 0.294. The molecule has 0 saturated heterocycles. The highest BCUT2D eigenvalue weighted by atomic mass is 32.1. The monoisotopic (exact) mass is 385 g/mol. The molecule has 4 heterocycles. The summed E-state index contributed by atoms with van der Waals surface area (Å²) in [5, 5.41) is 7.02. The van der Waals surface area contributed by atoms with Crippen molar-refractivity contribution in [3.63, 3.8) is 0 Å². The Labute approximate surface area is 156 Å². The van der Waals surface area contributed by atoms with Crippen LogP contribution in [0.3, 0.4) is 0 Å². The molecule has 0 spiro atoms. The van der Waals surface area contributed by atoms with Gasteiger partial charge in [0, 0.05) is 16.5 Å². The number of thiazole rings is 1. The van der Waals surface area contributed by atoms with E-state index in [0.717, 1.165) is 34.4 Å². The minimum Gasteiger partial charge on any atom is -0.479 e. The number of methoxy groups -OCH3 is 1. The van der Waals surface area contributed by atoms with Gasteiger partial charge in [-0.3, -0.25) is 9.20 Å². The molecule has 0 amide bonds. The molecule has 5 rings (SSSR count). The van der Waals surface area contributed by atoms with E-state index in [2.05, 4.69) is 15.1 Å². The molecular weight excluding hydrogens is 370 g/mol. The van der Waals surface area contributed by atoms with Gasteiger partial charge in [-0.15, -0.1) is 22.7 Å². The van der Waals surface area contributed by atoms with E-state index in [-0.39, 0.29) is 5.56 Å². The van der Waals surface area contributed by atoms with E-state index in [1.54, 1.807) is 24.7 Å². The Morgan fingerprint density at radius 3 is 3.12 bits per heavy atom. The molecule has 0 fully saturated rings. The summed E-state index contributed by atoms with van der Waals surface area (Å²) in [7, 11) is 1.57. The first-order valence-electron chi connectivity index (χ1n) is 8.32. The van der Waals surface area contributed by atoms with E-state index in [9.17, 15) is 4.79 Å². The van der Waals surface area contributed by atoms with Crippen LogP contribution in [0.4, 0.5) is 0 Å². The van der Waals surface area contributed by atoms with Crippen LogP contribution < -0.4 is 10.3 Å². The van der Waals surface area contributed by atoms with Gasteiger partial charge in [-0.1, -0.05) is 0 Å². The molecule has 9 heteroatoms. The van der Waals surface area contributed by atoms with Gasteiger partial charge in [0.2, 0.25) is 5.88 Å². The Balaban J connectivity index is 1.63. The number of hydrogen-bond acceptors (Lipinski definition) is 7. The second-order valence-corrected chi connectivity index (χ2v) is 8.05. The molecular formula is C17H15N5O2S2. The first-order valence-corrected chi connectivity index (χ1v) is 10.0. The molecule has 0 saturated carbocycles. The largest absolute Gasteiger partial charge is 0.479 e. The van der Waals surface area contributed by atoms with Gasteiger partial charge in [-0.05, 0) is 31.2 Å². The van der Waals surface area contributed by atoms with Gasteiger partial charge in [-0.2, -0.15) is 14.8 Å². The van der Waals surface area contributed by atoms with Gasteiger partial charge >= 0.3 is 0 Å². The van der Waals surface area contributed by atoms with Gasteiger partial charge in [0.15, 0.2) is 4.96 Å². The Morgan fingerprint density at radius 2 is 2.23 bits per heavy atom. The first-order chi connectivity index (χ1) is 12.8. The van der Waals surface area contributed by atoms with Crippen LogP contribution in [0.25, 0.3) is 15.2 Å². The summed E-state index contributed by atoms with van der Waals surface area (Å²) in [5.41, 5.74) is 1.75. The van der Waals surface area contributed by atoms with Crippen LogP contribution in [0.1, 0.15) is 29.0 Å². The lowest BCUT2D eigenvalue weighted by Gasteiger charge is -2.09. The molecule has 4 aromatic heterocycles. The predicted molar refractivity (Wildman–Crippen MR) is 103 cm³/mol. The van der Waals surface area contributed by atoms with Gasteiger partial charge in [0.1, 0.15) is 16.9 Å². The van der Waals surface area contributed by atoms with Crippen molar-refractivity contribution in [1.29, 1.82) is 0 Å². The molecule has 1 aliphatic rings.